The summed E-state index contributed by atoms with van der Waals surface area (Å²) in [6.07, 6.45) is 4.85. The van der Waals surface area contributed by atoms with E-state index in [1.165, 1.54) is 5.56 Å². The van der Waals surface area contributed by atoms with Crippen LogP contribution in [0, 0.1) is 11.8 Å². The molecule has 6 rings (SSSR count). The number of hydrogen-bond acceptors (Lipinski definition) is 5. The Labute approximate surface area is 260 Å². The highest BCUT2D eigenvalue weighted by atomic mass is 16.7. The van der Waals surface area contributed by atoms with Crippen LogP contribution in [0.2, 0.25) is 0 Å². The Balaban J connectivity index is 1.42. The highest BCUT2D eigenvalue weighted by Gasteiger charge is 2.50. The molecule has 2 aliphatic rings. The molecule has 4 aromatic rings. The lowest BCUT2D eigenvalue weighted by atomic mass is 9.71. The van der Waals surface area contributed by atoms with Crippen LogP contribution in [0.15, 0.2) is 133 Å². The Morgan fingerprint density at radius 1 is 0.705 bits per heavy atom. The second-order valence-electron chi connectivity index (χ2n) is 11.8. The summed E-state index contributed by atoms with van der Waals surface area (Å²) < 4.78 is 20.0. The number of hydrogen-bond donors (Lipinski definition) is 1. The molecule has 0 saturated carbocycles. The molecule has 44 heavy (non-hydrogen) atoms. The van der Waals surface area contributed by atoms with Gasteiger partial charge in [0.15, 0.2) is 12.4 Å². The quantitative estimate of drug-likeness (QED) is 0.155. The molecule has 4 aromatic carbocycles. The van der Waals surface area contributed by atoms with Gasteiger partial charge in [-0.15, -0.1) is 0 Å². The van der Waals surface area contributed by atoms with E-state index in [0.29, 0.717) is 18.6 Å². The van der Waals surface area contributed by atoms with Gasteiger partial charge in [0.05, 0.1) is 18.3 Å². The number of ether oxygens (including phenoxy) is 3. The van der Waals surface area contributed by atoms with Gasteiger partial charge in [-0.05, 0) is 59.9 Å². The summed E-state index contributed by atoms with van der Waals surface area (Å²) in [5.74, 6) is -0.491. The Morgan fingerprint density at radius 3 is 1.86 bits per heavy atom. The minimum Gasteiger partial charge on any atom is -0.453 e. The number of allylic oxidation sites excluding steroid dienone is 2. The van der Waals surface area contributed by atoms with E-state index in [1.807, 2.05) is 48.5 Å². The lowest BCUT2D eigenvalue weighted by Crippen LogP contribution is -2.52. The van der Waals surface area contributed by atoms with Crippen LogP contribution in [0.5, 0.6) is 0 Å². The lowest BCUT2D eigenvalue weighted by molar-refractivity contribution is -0.256. The van der Waals surface area contributed by atoms with Crippen molar-refractivity contribution in [1.29, 1.82) is 0 Å². The van der Waals surface area contributed by atoms with Gasteiger partial charge in [0.25, 0.3) is 0 Å². The summed E-state index contributed by atoms with van der Waals surface area (Å²) in [7, 11) is 0. The number of rotatable bonds is 10. The fourth-order valence-electron chi connectivity index (χ4n) is 6.73. The van der Waals surface area contributed by atoms with Crippen molar-refractivity contribution in [2.45, 2.75) is 49.6 Å². The zero-order valence-electron chi connectivity index (χ0n) is 24.9. The number of carbonyl (C=O) groups is 1. The predicted molar refractivity (Wildman–Crippen MR) is 171 cm³/mol. The van der Waals surface area contributed by atoms with Crippen LogP contribution in [0.25, 0.3) is 0 Å². The zero-order chi connectivity index (χ0) is 30.1. The maximum Gasteiger partial charge on any atom is 0.338 e. The highest BCUT2D eigenvalue weighted by Crippen LogP contribution is 2.47. The smallest absolute Gasteiger partial charge is 0.338 e. The Morgan fingerprint density at radius 2 is 1.25 bits per heavy atom. The van der Waals surface area contributed by atoms with Crippen molar-refractivity contribution in [3.8, 4) is 0 Å². The van der Waals surface area contributed by atoms with Crippen LogP contribution < -0.4 is 0 Å². The van der Waals surface area contributed by atoms with Crippen LogP contribution in [0.1, 0.15) is 51.7 Å². The molecule has 1 fully saturated rings. The maximum atomic E-state index is 13.7. The summed E-state index contributed by atoms with van der Waals surface area (Å²) in [5, 5.41) is 10.1. The largest absolute Gasteiger partial charge is 0.453 e. The van der Waals surface area contributed by atoms with Crippen LogP contribution in [-0.2, 0) is 20.6 Å². The number of esters is 1. The van der Waals surface area contributed by atoms with Crippen molar-refractivity contribution < 1.29 is 24.1 Å². The van der Waals surface area contributed by atoms with E-state index < -0.39 is 18.4 Å². The Hall–Kier alpha value is -4.03. The third kappa shape index (κ3) is 7.02. The van der Waals surface area contributed by atoms with Crippen molar-refractivity contribution in [2.24, 2.45) is 11.8 Å². The van der Waals surface area contributed by atoms with Crippen molar-refractivity contribution in [3.05, 3.63) is 156 Å². The second-order valence-corrected chi connectivity index (χ2v) is 11.8. The number of benzene rings is 4. The first-order valence-corrected chi connectivity index (χ1v) is 15.6. The standard InChI is InChI=1S/C39H40O5/c40-26-32-23-13-14-24-33(32)27-42-39-37(44-38(41)31-21-11-4-12-22-31)36(30-19-9-3-10-20-30)35(29-17-7-2-8-18-29)34(43-39)25-28-15-5-1-6-16-28/h1-22,32-37,39-40H,23-27H2/t32?,33?,34?,35-,36-,37-,39+/m0/s1. The topological polar surface area (TPSA) is 65.0 Å². The molecule has 1 aliphatic heterocycles. The average molecular weight is 589 g/mol. The molecule has 0 aromatic heterocycles. The molecule has 0 spiro atoms. The molecule has 7 atom stereocenters. The predicted octanol–water partition coefficient (Wildman–Crippen LogP) is 7.34. The third-order valence-corrected chi connectivity index (χ3v) is 9.04. The molecule has 0 radical (unpaired) electrons. The number of carbonyl (C=O) groups excluding carboxylic acids is 1. The van der Waals surface area contributed by atoms with Crippen molar-refractivity contribution in [2.75, 3.05) is 13.2 Å². The van der Waals surface area contributed by atoms with E-state index >= 15 is 0 Å². The molecule has 1 N–H and O–H groups in total. The summed E-state index contributed by atoms with van der Waals surface area (Å²) in [6, 6.07) is 40.2. The molecular formula is C39H40O5. The molecular weight excluding hydrogens is 548 g/mol. The normalized spacial score (nSPS) is 26.6. The summed E-state index contributed by atoms with van der Waals surface area (Å²) in [6.45, 7) is 0.505. The minimum absolute atomic E-state index is 0.107. The number of aliphatic hydroxyl groups is 1. The first-order valence-electron chi connectivity index (χ1n) is 15.6. The molecule has 1 saturated heterocycles. The van der Waals surface area contributed by atoms with E-state index in [0.717, 1.165) is 24.0 Å². The van der Waals surface area contributed by atoms with Crippen LogP contribution in [0.3, 0.4) is 0 Å². The SMILES string of the molecule is O=C(O[C@@H]1[C@H](OCC2CC=CCC2CO)OC(Cc2ccccc2)[C@H](c2ccccc2)[C@@H]1c1ccccc1)c1ccccc1. The third-order valence-electron chi connectivity index (χ3n) is 9.04. The molecule has 1 aliphatic carbocycles. The first kappa shape index (κ1) is 30.0. The van der Waals surface area contributed by atoms with Crippen molar-refractivity contribution >= 4 is 5.97 Å². The van der Waals surface area contributed by atoms with E-state index in [2.05, 4.69) is 72.8 Å². The Bertz CT molecular complexity index is 1470. The van der Waals surface area contributed by atoms with Crippen molar-refractivity contribution in [3.63, 3.8) is 0 Å². The average Bonchev–Trinajstić information content (AvgIpc) is 3.09. The van der Waals surface area contributed by atoms with Gasteiger partial charge in [0.1, 0.15) is 0 Å². The van der Waals surface area contributed by atoms with Crippen LogP contribution in [-0.4, -0.2) is 42.8 Å². The fourth-order valence-corrected chi connectivity index (χ4v) is 6.73. The summed E-state index contributed by atoms with van der Waals surface area (Å²) >= 11 is 0. The molecule has 0 bridgehead atoms. The first-order chi connectivity index (χ1) is 21.7. The molecule has 226 valence electrons. The highest BCUT2D eigenvalue weighted by molar-refractivity contribution is 5.89. The van der Waals surface area contributed by atoms with Gasteiger partial charge in [-0.25, -0.2) is 4.79 Å². The van der Waals surface area contributed by atoms with Gasteiger partial charge in [0.2, 0.25) is 0 Å². The van der Waals surface area contributed by atoms with Crippen LogP contribution >= 0.6 is 0 Å². The van der Waals surface area contributed by atoms with Crippen LogP contribution in [0.4, 0.5) is 0 Å². The summed E-state index contributed by atoms with van der Waals surface area (Å²) in [5.41, 5.74) is 3.84. The molecule has 5 heteroatoms. The van der Waals surface area contributed by atoms with Gasteiger partial charge in [-0.3, -0.25) is 0 Å². The minimum atomic E-state index is -0.799. The second kappa shape index (κ2) is 14.6. The molecule has 5 nitrogen and oxygen atoms in total. The zero-order valence-corrected chi connectivity index (χ0v) is 24.9. The number of aliphatic hydroxyl groups excluding tert-OH is 1. The maximum absolute atomic E-state index is 13.7. The molecule has 1 heterocycles. The Kier molecular flexibility index (Phi) is 9.98. The van der Waals surface area contributed by atoms with E-state index in [4.69, 9.17) is 14.2 Å². The van der Waals surface area contributed by atoms with Gasteiger partial charge in [-0.2, -0.15) is 0 Å². The summed E-state index contributed by atoms with van der Waals surface area (Å²) in [4.78, 5) is 13.7. The van der Waals surface area contributed by atoms with Gasteiger partial charge in [-0.1, -0.05) is 121 Å². The lowest BCUT2D eigenvalue weighted by Gasteiger charge is -2.47. The van der Waals surface area contributed by atoms with E-state index in [9.17, 15) is 9.90 Å². The van der Waals surface area contributed by atoms with E-state index in [-0.39, 0.29) is 36.4 Å². The molecule has 0 amide bonds. The molecule has 3 unspecified atom stereocenters. The van der Waals surface area contributed by atoms with Gasteiger partial charge in [0, 0.05) is 18.4 Å². The van der Waals surface area contributed by atoms with Crippen molar-refractivity contribution in [1.82, 2.24) is 0 Å². The van der Waals surface area contributed by atoms with Gasteiger partial charge < -0.3 is 19.3 Å². The monoisotopic (exact) mass is 588 g/mol. The van der Waals surface area contributed by atoms with Gasteiger partial charge >= 0.3 is 5.97 Å². The fraction of sp³-hybridized carbons (Fsp3) is 0.308. The van der Waals surface area contributed by atoms with E-state index in [1.54, 1.807) is 12.1 Å².